The van der Waals surface area contributed by atoms with Gasteiger partial charge in [0.2, 0.25) is 9.04 Å². The number of furan rings is 1. The Morgan fingerprint density at radius 1 is 1.11 bits per heavy atom. The molecule has 1 aromatic carbocycles. The van der Waals surface area contributed by atoms with E-state index >= 15 is 0 Å². The molecule has 1 fully saturated rings. The van der Waals surface area contributed by atoms with Crippen molar-refractivity contribution in [2.45, 2.75) is 91.1 Å². The van der Waals surface area contributed by atoms with Crippen molar-refractivity contribution in [3.8, 4) is 5.75 Å². The standard InChI is InChI=1S/C30H38NO6Si/c1-28(2,3)27(37-38(8)9)25-22(35-30(6,7)36-25)16-33-17-10-11-18-20(14-17)29(4,5)26-23(24(18)32)19-15-31-13-12-21(19)34-26/h10-15,22,25,27H,16H2,1-9H3/t22-,25-,27?/m1/s1. The van der Waals surface area contributed by atoms with Gasteiger partial charge in [0.15, 0.2) is 11.6 Å². The summed E-state index contributed by atoms with van der Waals surface area (Å²) in [4.78, 5) is 17.7. The number of benzene rings is 1. The van der Waals surface area contributed by atoms with Crippen LogP contribution in [0.2, 0.25) is 13.1 Å². The Kier molecular flexibility index (Phi) is 6.62. The molecule has 2 aliphatic rings. The van der Waals surface area contributed by atoms with Crippen molar-refractivity contribution >= 4 is 25.8 Å². The molecule has 1 aliphatic carbocycles. The van der Waals surface area contributed by atoms with Crippen molar-refractivity contribution in [1.82, 2.24) is 4.98 Å². The van der Waals surface area contributed by atoms with Crippen LogP contribution in [0.4, 0.5) is 0 Å². The van der Waals surface area contributed by atoms with E-state index in [-0.39, 0.29) is 29.5 Å². The lowest BCUT2D eigenvalue weighted by Crippen LogP contribution is -2.48. The van der Waals surface area contributed by atoms with Crippen LogP contribution in [0.15, 0.2) is 41.1 Å². The summed E-state index contributed by atoms with van der Waals surface area (Å²) in [6, 6.07) is 7.46. The molecule has 0 N–H and O–H groups in total. The molecular weight excluding hydrogens is 498 g/mol. The van der Waals surface area contributed by atoms with E-state index in [1.54, 1.807) is 18.5 Å². The van der Waals surface area contributed by atoms with Crippen LogP contribution < -0.4 is 4.74 Å². The number of hydrogen-bond acceptors (Lipinski definition) is 7. The van der Waals surface area contributed by atoms with Crippen molar-refractivity contribution in [3.63, 3.8) is 0 Å². The van der Waals surface area contributed by atoms with Gasteiger partial charge in [-0.1, -0.05) is 20.8 Å². The predicted octanol–water partition coefficient (Wildman–Crippen LogP) is 6.28. The number of fused-ring (bicyclic) bond motifs is 4. The molecule has 1 aliphatic heterocycles. The molecule has 38 heavy (non-hydrogen) atoms. The second-order valence-electron chi connectivity index (χ2n) is 12.6. The maximum Gasteiger partial charge on any atom is 0.205 e. The molecule has 7 nitrogen and oxygen atoms in total. The summed E-state index contributed by atoms with van der Waals surface area (Å²) in [5, 5.41) is 0.748. The fourth-order valence-electron chi connectivity index (χ4n) is 5.61. The summed E-state index contributed by atoms with van der Waals surface area (Å²) >= 11 is 0. The monoisotopic (exact) mass is 536 g/mol. The van der Waals surface area contributed by atoms with Gasteiger partial charge in [0.05, 0.1) is 17.1 Å². The van der Waals surface area contributed by atoms with Crippen LogP contribution in [0.25, 0.3) is 11.0 Å². The lowest BCUT2D eigenvalue weighted by atomic mass is 9.72. The van der Waals surface area contributed by atoms with Crippen molar-refractivity contribution < 1.29 is 27.8 Å². The van der Waals surface area contributed by atoms with Gasteiger partial charge in [-0.05, 0) is 76.0 Å². The molecule has 203 valence electrons. The van der Waals surface area contributed by atoms with Crippen LogP contribution in [-0.4, -0.2) is 50.5 Å². The first-order chi connectivity index (χ1) is 17.7. The molecule has 3 heterocycles. The minimum atomic E-state index is -0.962. The van der Waals surface area contributed by atoms with Crippen molar-refractivity contribution in [2.75, 3.05) is 6.61 Å². The second kappa shape index (κ2) is 9.29. The number of nitrogens with zero attached hydrogens (tertiary/aromatic N) is 1. The smallest absolute Gasteiger partial charge is 0.205 e. The molecule has 8 heteroatoms. The number of carbonyl (C=O) groups is 1. The molecule has 5 rings (SSSR count). The summed E-state index contributed by atoms with van der Waals surface area (Å²) in [6.07, 6.45) is 2.66. The van der Waals surface area contributed by atoms with E-state index in [4.69, 9.17) is 23.1 Å². The Bertz CT molecular complexity index is 1370. The van der Waals surface area contributed by atoms with E-state index in [2.05, 4.69) is 52.7 Å². The number of carbonyl (C=O) groups excluding carboxylic acids is 1. The predicted molar refractivity (Wildman–Crippen MR) is 147 cm³/mol. The summed E-state index contributed by atoms with van der Waals surface area (Å²) in [7, 11) is -0.962. The largest absolute Gasteiger partial charge is 0.491 e. The highest BCUT2D eigenvalue weighted by molar-refractivity contribution is 6.48. The van der Waals surface area contributed by atoms with Gasteiger partial charge in [0.1, 0.15) is 35.9 Å². The fourth-order valence-corrected chi connectivity index (χ4v) is 6.61. The third kappa shape index (κ3) is 4.72. The average Bonchev–Trinajstić information content (AvgIpc) is 3.37. The van der Waals surface area contributed by atoms with Crippen LogP contribution in [0.5, 0.6) is 5.75 Å². The molecule has 0 bridgehead atoms. The minimum Gasteiger partial charge on any atom is -0.491 e. The maximum atomic E-state index is 13.5. The van der Waals surface area contributed by atoms with Crippen molar-refractivity contribution in [3.05, 3.63) is 59.1 Å². The van der Waals surface area contributed by atoms with E-state index in [9.17, 15) is 4.79 Å². The van der Waals surface area contributed by atoms with Crippen LogP contribution in [0.3, 0.4) is 0 Å². The highest BCUT2D eigenvalue weighted by Gasteiger charge is 2.49. The first kappa shape index (κ1) is 27.1. The molecule has 2 aromatic heterocycles. The summed E-state index contributed by atoms with van der Waals surface area (Å²) in [5.74, 6) is 0.536. The van der Waals surface area contributed by atoms with Crippen molar-refractivity contribution in [2.24, 2.45) is 5.41 Å². The second-order valence-corrected chi connectivity index (χ2v) is 14.7. The van der Waals surface area contributed by atoms with Gasteiger partial charge in [0, 0.05) is 23.4 Å². The zero-order valence-electron chi connectivity index (χ0n) is 23.8. The van der Waals surface area contributed by atoms with Gasteiger partial charge in [0.25, 0.3) is 0 Å². The summed E-state index contributed by atoms with van der Waals surface area (Å²) in [6.45, 7) is 19.1. The SMILES string of the molecule is C[Si](C)OC([C@@H]1OC(C)(C)O[C@@H]1COc1ccc2c(c1)C(C)(C)c1oc3ccncc3c1C2=O)C(C)(C)C. The topological polar surface area (TPSA) is 80.0 Å². The van der Waals surface area contributed by atoms with E-state index < -0.39 is 20.2 Å². The molecule has 1 saturated heterocycles. The van der Waals surface area contributed by atoms with E-state index in [0.29, 0.717) is 34.8 Å². The highest BCUT2D eigenvalue weighted by atomic mass is 28.3. The fraction of sp³-hybridized carbons (Fsp3) is 0.533. The summed E-state index contributed by atoms with van der Waals surface area (Å²) in [5.41, 5.74) is 2.14. The molecule has 0 spiro atoms. The number of aromatic nitrogens is 1. The van der Waals surface area contributed by atoms with Crippen LogP contribution in [-0.2, 0) is 19.3 Å². The molecule has 3 atom stereocenters. The zero-order chi connectivity index (χ0) is 27.6. The maximum absolute atomic E-state index is 13.5. The molecule has 1 radical (unpaired) electrons. The Morgan fingerprint density at radius 2 is 1.84 bits per heavy atom. The van der Waals surface area contributed by atoms with Gasteiger partial charge >= 0.3 is 0 Å². The number of ether oxygens (including phenoxy) is 3. The van der Waals surface area contributed by atoms with E-state index in [1.165, 1.54) is 0 Å². The van der Waals surface area contributed by atoms with Gasteiger partial charge < -0.3 is 23.1 Å². The third-order valence-corrected chi connectivity index (χ3v) is 8.07. The Balaban J connectivity index is 1.42. The molecular formula is C30H38NO6Si. The van der Waals surface area contributed by atoms with Crippen LogP contribution >= 0.6 is 0 Å². The Morgan fingerprint density at radius 3 is 2.53 bits per heavy atom. The van der Waals surface area contributed by atoms with Gasteiger partial charge in [-0.2, -0.15) is 0 Å². The lowest BCUT2D eigenvalue weighted by molar-refractivity contribution is -0.160. The summed E-state index contributed by atoms with van der Waals surface area (Å²) < 4.78 is 31.6. The number of ketones is 1. The quantitative estimate of drug-likeness (QED) is 0.343. The third-order valence-electron chi connectivity index (χ3n) is 7.34. The van der Waals surface area contributed by atoms with Gasteiger partial charge in [-0.25, -0.2) is 0 Å². The number of rotatable bonds is 6. The zero-order valence-corrected chi connectivity index (χ0v) is 24.8. The molecule has 1 unspecified atom stereocenters. The lowest BCUT2D eigenvalue weighted by Gasteiger charge is -2.37. The molecule has 3 aromatic rings. The highest BCUT2D eigenvalue weighted by Crippen LogP contribution is 2.46. The Hall–Kier alpha value is -2.52. The van der Waals surface area contributed by atoms with E-state index in [0.717, 1.165) is 10.9 Å². The average molecular weight is 537 g/mol. The van der Waals surface area contributed by atoms with E-state index in [1.807, 2.05) is 32.0 Å². The minimum absolute atomic E-state index is 0.0520. The Labute approximate surface area is 226 Å². The number of hydrogen-bond donors (Lipinski definition) is 0. The van der Waals surface area contributed by atoms with Gasteiger partial charge in [-0.15, -0.1) is 0 Å². The normalized spacial score (nSPS) is 22.9. The molecule has 0 saturated carbocycles. The van der Waals surface area contributed by atoms with Crippen LogP contribution in [0.1, 0.15) is 75.7 Å². The number of pyridine rings is 1. The first-order valence-electron chi connectivity index (χ1n) is 13.2. The van der Waals surface area contributed by atoms with Crippen LogP contribution in [0, 0.1) is 5.41 Å². The first-order valence-corrected chi connectivity index (χ1v) is 15.6. The van der Waals surface area contributed by atoms with Gasteiger partial charge in [-0.3, -0.25) is 9.78 Å². The van der Waals surface area contributed by atoms with Crippen molar-refractivity contribution in [1.29, 1.82) is 0 Å². The molecule has 0 amide bonds.